The highest BCUT2D eigenvalue weighted by molar-refractivity contribution is 4.83. The molecule has 4 unspecified atom stereocenters. The highest BCUT2D eigenvalue weighted by Crippen LogP contribution is 2.25. The van der Waals surface area contributed by atoms with Crippen LogP contribution in [0.5, 0.6) is 0 Å². The maximum absolute atomic E-state index is 5.83. The molecule has 2 aliphatic rings. The number of hydrogen-bond acceptors (Lipinski definition) is 3. The van der Waals surface area contributed by atoms with E-state index in [2.05, 4.69) is 31.1 Å². The molecule has 2 rings (SSSR count). The van der Waals surface area contributed by atoms with Crippen molar-refractivity contribution in [1.29, 1.82) is 0 Å². The van der Waals surface area contributed by atoms with Crippen molar-refractivity contribution in [2.75, 3.05) is 26.7 Å². The molecule has 3 nitrogen and oxygen atoms in total. The molecule has 106 valence electrons. The first kappa shape index (κ1) is 14.3. The molecule has 1 saturated heterocycles. The molecule has 1 aliphatic carbocycles. The summed E-state index contributed by atoms with van der Waals surface area (Å²) in [6, 6.07) is 0.723. The normalized spacial score (nSPS) is 39.5. The first-order chi connectivity index (χ1) is 8.69. The Hall–Kier alpha value is -0.120. The van der Waals surface area contributed by atoms with Gasteiger partial charge in [0.25, 0.3) is 0 Å². The van der Waals surface area contributed by atoms with Gasteiger partial charge in [-0.05, 0) is 39.7 Å². The lowest BCUT2D eigenvalue weighted by Gasteiger charge is -2.38. The maximum Gasteiger partial charge on any atom is 0.0678 e. The van der Waals surface area contributed by atoms with Crippen molar-refractivity contribution in [3.63, 3.8) is 0 Å². The molecule has 0 aromatic rings. The van der Waals surface area contributed by atoms with E-state index < -0.39 is 0 Å². The lowest BCUT2D eigenvalue weighted by atomic mass is 9.93. The first-order valence-electron chi connectivity index (χ1n) is 7.74. The highest BCUT2D eigenvalue weighted by atomic mass is 16.5. The van der Waals surface area contributed by atoms with Crippen LogP contribution in [0.4, 0.5) is 0 Å². The van der Waals surface area contributed by atoms with E-state index in [0.717, 1.165) is 25.0 Å². The van der Waals surface area contributed by atoms with Crippen LogP contribution in [-0.4, -0.2) is 49.8 Å². The molecule has 1 saturated carbocycles. The minimum Gasteiger partial charge on any atom is -0.373 e. The molecule has 4 atom stereocenters. The van der Waals surface area contributed by atoms with E-state index in [4.69, 9.17) is 4.74 Å². The van der Waals surface area contributed by atoms with E-state index in [0.29, 0.717) is 12.2 Å². The second-order valence-corrected chi connectivity index (χ2v) is 6.27. The quantitative estimate of drug-likeness (QED) is 0.782. The standard InChI is InChI=1S/C15H30N2O/c1-12-9-17(10-13(2)18-12)11-14-7-5-4-6-8-15(14)16-3/h12-16H,4-11H2,1-3H3. The fourth-order valence-electron chi connectivity index (χ4n) is 3.75. The summed E-state index contributed by atoms with van der Waals surface area (Å²) in [6.45, 7) is 7.87. The topological polar surface area (TPSA) is 24.5 Å². The second kappa shape index (κ2) is 6.88. The maximum atomic E-state index is 5.83. The Kier molecular flexibility index (Phi) is 5.46. The summed E-state index contributed by atoms with van der Waals surface area (Å²) < 4.78 is 5.83. The molecule has 0 radical (unpaired) electrons. The van der Waals surface area contributed by atoms with Crippen molar-refractivity contribution in [3.05, 3.63) is 0 Å². The van der Waals surface area contributed by atoms with E-state index in [9.17, 15) is 0 Å². The molecular formula is C15H30N2O. The lowest BCUT2D eigenvalue weighted by molar-refractivity contribution is -0.0726. The lowest BCUT2D eigenvalue weighted by Crippen LogP contribution is -2.49. The Balaban J connectivity index is 1.89. The van der Waals surface area contributed by atoms with Gasteiger partial charge in [0.1, 0.15) is 0 Å². The summed E-state index contributed by atoms with van der Waals surface area (Å²) in [5.74, 6) is 0.829. The fourth-order valence-corrected chi connectivity index (χ4v) is 3.75. The molecule has 0 amide bonds. The zero-order valence-corrected chi connectivity index (χ0v) is 12.3. The fraction of sp³-hybridized carbons (Fsp3) is 1.00. The Morgan fingerprint density at radius 3 is 2.39 bits per heavy atom. The van der Waals surface area contributed by atoms with Gasteiger partial charge in [-0.2, -0.15) is 0 Å². The Morgan fingerprint density at radius 2 is 1.72 bits per heavy atom. The van der Waals surface area contributed by atoms with Crippen LogP contribution in [0, 0.1) is 5.92 Å². The third kappa shape index (κ3) is 3.94. The molecule has 1 heterocycles. The van der Waals surface area contributed by atoms with Crippen LogP contribution < -0.4 is 5.32 Å². The third-order valence-electron chi connectivity index (χ3n) is 4.52. The molecule has 0 bridgehead atoms. The molecule has 18 heavy (non-hydrogen) atoms. The average molecular weight is 254 g/mol. The van der Waals surface area contributed by atoms with Crippen molar-refractivity contribution >= 4 is 0 Å². The van der Waals surface area contributed by atoms with Crippen LogP contribution in [0.1, 0.15) is 46.0 Å². The van der Waals surface area contributed by atoms with E-state index >= 15 is 0 Å². The van der Waals surface area contributed by atoms with E-state index in [-0.39, 0.29) is 0 Å². The van der Waals surface area contributed by atoms with Crippen molar-refractivity contribution in [1.82, 2.24) is 10.2 Å². The minimum atomic E-state index is 0.396. The van der Waals surface area contributed by atoms with E-state index in [1.54, 1.807) is 0 Å². The predicted molar refractivity (Wildman–Crippen MR) is 75.9 cm³/mol. The minimum absolute atomic E-state index is 0.396. The van der Waals surface area contributed by atoms with Gasteiger partial charge < -0.3 is 10.1 Å². The molecule has 0 spiro atoms. The van der Waals surface area contributed by atoms with Crippen molar-refractivity contribution in [2.45, 2.75) is 64.2 Å². The van der Waals surface area contributed by atoms with Gasteiger partial charge in [0, 0.05) is 25.7 Å². The van der Waals surface area contributed by atoms with Crippen LogP contribution in [0.3, 0.4) is 0 Å². The van der Waals surface area contributed by atoms with Crippen LogP contribution in [0.2, 0.25) is 0 Å². The number of ether oxygens (including phenoxy) is 1. The second-order valence-electron chi connectivity index (χ2n) is 6.27. The highest BCUT2D eigenvalue weighted by Gasteiger charge is 2.28. The Labute approximate surface area is 112 Å². The van der Waals surface area contributed by atoms with E-state index in [1.165, 1.54) is 38.6 Å². The largest absolute Gasteiger partial charge is 0.373 e. The molecule has 2 fully saturated rings. The van der Waals surface area contributed by atoms with Gasteiger partial charge in [-0.15, -0.1) is 0 Å². The number of nitrogens with zero attached hydrogens (tertiary/aromatic N) is 1. The zero-order valence-electron chi connectivity index (χ0n) is 12.3. The smallest absolute Gasteiger partial charge is 0.0678 e. The van der Waals surface area contributed by atoms with Gasteiger partial charge in [-0.1, -0.05) is 19.3 Å². The number of hydrogen-bond donors (Lipinski definition) is 1. The van der Waals surface area contributed by atoms with Crippen molar-refractivity contribution < 1.29 is 4.74 Å². The Bertz CT molecular complexity index is 237. The van der Waals surface area contributed by atoms with Crippen LogP contribution in [-0.2, 0) is 4.74 Å². The predicted octanol–water partition coefficient (Wildman–Crippen LogP) is 2.26. The molecule has 0 aromatic carbocycles. The molecule has 0 aromatic heterocycles. The number of rotatable bonds is 3. The summed E-state index contributed by atoms with van der Waals surface area (Å²) in [4.78, 5) is 2.62. The molecule has 1 aliphatic heterocycles. The molecule has 3 heteroatoms. The van der Waals surface area contributed by atoms with Gasteiger partial charge in [0.15, 0.2) is 0 Å². The number of nitrogens with one attached hydrogen (secondary N) is 1. The van der Waals surface area contributed by atoms with Crippen molar-refractivity contribution in [3.8, 4) is 0 Å². The van der Waals surface area contributed by atoms with Gasteiger partial charge in [-0.25, -0.2) is 0 Å². The van der Waals surface area contributed by atoms with Crippen molar-refractivity contribution in [2.24, 2.45) is 5.92 Å². The third-order valence-corrected chi connectivity index (χ3v) is 4.52. The van der Waals surface area contributed by atoms with Gasteiger partial charge in [-0.3, -0.25) is 4.90 Å². The SMILES string of the molecule is CNC1CCCCCC1CN1CC(C)OC(C)C1. The summed E-state index contributed by atoms with van der Waals surface area (Å²) in [6.07, 6.45) is 7.78. The van der Waals surface area contributed by atoms with Gasteiger partial charge in [0.2, 0.25) is 0 Å². The molecule has 1 N–H and O–H groups in total. The summed E-state index contributed by atoms with van der Waals surface area (Å²) >= 11 is 0. The van der Waals surface area contributed by atoms with E-state index in [1.807, 2.05) is 0 Å². The van der Waals surface area contributed by atoms with Crippen LogP contribution >= 0.6 is 0 Å². The average Bonchev–Trinajstić information content (AvgIpc) is 2.52. The van der Waals surface area contributed by atoms with Gasteiger partial charge in [0.05, 0.1) is 12.2 Å². The summed E-state index contributed by atoms with van der Waals surface area (Å²) in [5.41, 5.74) is 0. The summed E-state index contributed by atoms with van der Waals surface area (Å²) in [5, 5.41) is 3.55. The zero-order chi connectivity index (χ0) is 13.0. The van der Waals surface area contributed by atoms with Gasteiger partial charge >= 0.3 is 0 Å². The van der Waals surface area contributed by atoms with Crippen LogP contribution in [0.25, 0.3) is 0 Å². The molecular weight excluding hydrogens is 224 g/mol. The Morgan fingerprint density at radius 1 is 1.06 bits per heavy atom. The summed E-state index contributed by atoms with van der Waals surface area (Å²) in [7, 11) is 2.13. The van der Waals surface area contributed by atoms with Crippen LogP contribution in [0.15, 0.2) is 0 Å². The first-order valence-corrected chi connectivity index (χ1v) is 7.74. The number of morpholine rings is 1. The monoisotopic (exact) mass is 254 g/mol.